The summed E-state index contributed by atoms with van der Waals surface area (Å²) in [5.74, 6) is 0.375. The molecule has 194 valence electrons. The van der Waals surface area contributed by atoms with Crippen LogP contribution in [-0.2, 0) is 21.2 Å². The van der Waals surface area contributed by atoms with Crippen molar-refractivity contribution < 1.29 is 13.2 Å². The lowest BCUT2D eigenvalue weighted by molar-refractivity contribution is -0.123. The molecule has 1 unspecified atom stereocenters. The highest BCUT2D eigenvalue weighted by atomic mass is 32.2. The van der Waals surface area contributed by atoms with E-state index in [2.05, 4.69) is 29.8 Å². The lowest BCUT2D eigenvalue weighted by Gasteiger charge is -2.36. The summed E-state index contributed by atoms with van der Waals surface area (Å²) < 4.78 is 26.1. The van der Waals surface area contributed by atoms with E-state index in [9.17, 15) is 23.3 Å². The zero-order valence-corrected chi connectivity index (χ0v) is 23.3. The van der Waals surface area contributed by atoms with E-state index in [1.165, 1.54) is 4.90 Å². The molecule has 9 nitrogen and oxygen atoms in total. The van der Waals surface area contributed by atoms with Crippen LogP contribution in [-0.4, -0.2) is 83.8 Å². The van der Waals surface area contributed by atoms with Crippen molar-refractivity contribution in [2.24, 2.45) is 0 Å². The number of pyridine rings is 1. The minimum atomic E-state index is -3.18. The van der Waals surface area contributed by atoms with Crippen LogP contribution in [0.4, 0.5) is 5.82 Å². The summed E-state index contributed by atoms with van der Waals surface area (Å²) in [4.78, 5) is 33.0. The summed E-state index contributed by atoms with van der Waals surface area (Å²) >= 11 is 6.63. The Kier molecular flexibility index (Phi) is 7.95. The second kappa shape index (κ2) is 10.7. The molecule has 0 aliphatic carbocycles. The van der Waals surface area contributed by atoms with Gasteiger partial charge in [-0.05, 0) is 38.5 Å². The number of thiocarbonyl (C=S) groups is 1. The predicted molar refractivity (Wildman–Crippen MR) is 147 cm³/mol. The number of unbranched alkanes of at least 4 members (excludes halogenated alkanes) is 1. The van der Waals surface area contributed by atoms with E-state index in [-0.39, 0.29) is 28.5 Å². The largest absolute Gasteiger partial charge is 0.355 e. The molecule has 3 fully saturated rings. The SMILES string of the molecule is CCCCn1c(N2CCN(C)CC2)c(/C=C2\SC(=S)N(C3CCS(=O)(=O)C3)C2=O)c(C)c(C#N)c1=O. The van der Waals surface area contributed by atoms with Gasteiger partial charge >= 0.3 is 0 Å². The number of carbonyl (C=O) groups excluding carboxylic acids is 1. The number of nitriles is 1. The van der Waals surface area contributed by atoms with Crippen LogP contribution in [0.2, 0.25) is 0 Å². The summed E-state index contributed by atoms with van der Waals surface area (Å²) in [6.07, 6.45) is 3.79. The van der Waals surface area contributed by atoms with Crippen LogP contribution in [0.15, 0.2) is 9.70 Å². The van der Waals surface area contributed by atoms with Crippen LogP contribution in [0.5, 0.6) is 0 Å². The molecular weight excluding hydrogens is 518 g/mol. The molecule has 1 aromatic heterocycles. The van der Waals surface area contributed by atoms with Crippen LogP contribution in [0.3, 0.4) is 0 Å². The van der Waals surface area contributed by atoms with Crippen LogP contribution in [0.25, 0.3) is 6.08 Å². The minimum absolute atomic E-state index is 0.0500. The van der Waals surface area contributed by atoms with E-state index in [1.807, 2.05) is 0 Å². The van der Waals surface area contributed by atoms with Gasteiger partial charge in [-0.2, -0.15) is 5.26 Å². The fraction of sp³-hybridized carbons (Fsp3) is 0.583. The maximum absolute atomic E-state index is 13.4. The van der Waals surface area contributed by atoms with Gasteiger partial charge in [0.05, 0.1) is 22.5 Å². The number of hydrogen-bond acceptors (Lipinski definition) is 9. The standard InChI is InChI=1S/C24H31N5O4S3/c1-4-5-7-28-21(27-10-8-26(3)9-11-27)18(16(2)19(14-25)22(28)30)13-20-23(31)29(24(34)35-20)17-6-12-36(32,33)15-17/h13,17H,4-12,15H2,1-3H3/b20-13-. The number of sulfone groups is 1. The molecule has 36 heavy (non-hydrogen) atoms. The Balaban J connectivity index is 1.84. The van der Waals surface area contributed by atoms with Gasteiger partial charge in [0.1, 0.15) is 21.8 Å². The first-order valence-electron chi connectivity index (χ1n) is 12.2. The highest BCUT2D eigenvalue weighted by molar-refractivity contribution is 8.26. The number of aromatic nitrogens is 1. The monoisotopic (exact) mass is 549 g/mol. The molecular formula is C24H31N5O4S3. The van der Waals surface area contributed by atoms with Crippen molar-refractivity contribution in [3.63, 3.8) is 0 Å². The maximum Gasteiger partial charge on any atom is 0.270 e. The summed E-state index contributed by atoms with van der Waals surface area (Å²) in [6.45, 7) is 7.38. The molecule has 0 spiro atoms. The first kappa shape index (κ1) is 26.9. The van der Waals surface area contributed by atoms with Crippen molar-refractivity contribution in [2.45, 2.75) is 45.7 Å². The van der Waals surface area contributed by atoms with E-state index < -0.39 is 15.9 Å². The molecule has 1 aromatic rings. The third-order valence-corrected chi connectivity index (χ3v) is 10.1. The Hall–Kier alpha value is -2.20. The second-order valence-corrected chi connectivity index (χ2v) is 13.5. The van der Waals surface area contributed by atoms with Gasteiger partial charge in [0.25, 0.3) is 11.5 Å². The number of likely N-dealkylation sites (N-methyl/N-ethyl adjacent to an activating group) is 1. The van der Waals surface area contributed by atoms with E-state index in [0.717, 1.165) is 56.6 Å². The smallest absolute Gasteiger partial charge is 0.270 e. The van der Waals surface area contributed by atoms with Gasteiger partial charge in [-0.3, -0.25) is 19.1 Å². The third-order valence-electron chi connectivity index (χ3n) is 7.06. The lowest BCUT2D eigenvalue weighted by Crippen LogP contribution is -2.47. The van der Waals surface area contributed by atoms with Gasteiger partial charge in [-0.25, -0.2) is 8.42 Å². The molecule has 0 N–H and O–H groups in total. The summed E-state index contributed by atoms with van der Waals surface area (Å²) in [5, 5.41) is 9.84. The topological polar surface area (TPSA) is 107 Å². The molecule has 3 aliphatic rings. The maximum atomic E-state index is 13.4. The zero-order valence-electron chi connectivity index (χ0n) is 20.8. The van der Waals surface area contributed by atoms with Crippen molar-refractivity contribution in [1.82, 2.24) is 14.4 Å². The Bertz CT molecular complexity index is 1320. The van der Waals surface area contributed by atoms with Gasteiger partial charge < -0.3 is 9.80 Å². The number of amides is 1. The van der Waals surface area contributed by atoms with Crippen LogP contribution in [0, 0.1) is 18.3 Å². The average molecular weight is 550 g/mol. The number of hydrogen-bond donors (Lipinski definition) is 0. The molecule has 12 heteroatoms. The Morgan fingerprint density at radius 3 is 2.50 bits per heavy atom. The highest BCUT2D eigenvalue weighted by Gasteiger charge is 2.42. The molecule has 4 heterocycles. The zero-order chi connectivity index (χ0) is 26.2. The van der Waals surface area contributed by atoms with Gasteiger partial charge in [0.2, 0.25) is 0 Å². The molecule has 0 aromatic carbocycles. The number of piperazine rings is 1. The van der Waals surface area contributed by atoms with Crippen LogP contribution < -0.4 is 10.5 Å². The number of carbonyl (C=O) groups is 1. The van der Waals surface area contributed by atoms with Crippen molar-refractivity contribution in [2.75, 3.05) is 49.6 Å². The van der Waals surface area contributed by atoms with Gasteiger partial charge in [0, 0.05) is 38.3 Å². The lowest BCUT2D eigenvalue weighted by atomic mass is 10.0. The number of thioether (sulfide) groups is 1. The molecule has 0 radical (unpaired) electrons. The first-order valence-corrected chi connectivity index (χ1v) is 15.2. The fourth-order valence-electron chi connectivity index (χ4n) is 4.93. The molecule has 0 saturated carbocycles. The first-order chi connectivity index (χ1) is 17.1. The predicted octanol–water partition coefficient (Wildman–Crippen LogP) is 1.97. The van der Waals surface area contributed by atoms with E-state index in [1.54, 1.807) is 17.6 Å². The molecule has 0 bridgehead atoms. The molecule has 1 amide bonds. The molecule has 1 atom stereocenters. The summed E-state index contributed by atoms with van der Waals surface area (Å²) in [5.41, 5.74) is 0.982. The highest BCUT2D eigenvalue weighted by Crippen LogP contribution is 2.38. The average Bonchev–Trinajstić information content (AvgIpc) is 3.32. The Labute approximate surface area is 221 Å². The van der Waals surface area contributed by atoms with E-state index in [4.69, 9.17) is 12.2 Å². The van der Waals surface area contributed by atoms with E-state index in [0.29, 0.717) is 33.3 Å². The minimum Gasteiger partial charge on any atom is -0.355 e. The summed E-state index contributed by atoms with van der Waals surface area (Å²) in [7, 11) is -1.13. The quantitative estimate of drug-likeness (QED) is 0.389. The Morgan fingerprint density at radius 2 is 1.92 bits per heavy atom. The molecule has 3 saturated heterocycles. The van der Waals surface area contributed by atoms with Crippen molar-refractivity contribution >= 4 is 55.9 Å². The number of nitrogens with zero attached hydrogens (tertiary/aromatic N) is 5. The third kappa shape index (κ3) is 5.11. The Morgan fingerprint density at radius 1 is 1.22 bits per heavy atom. The fourth-order valence-corrected chi connectivity index (χ4v) is 8.01. The second-order valence-electron chi connectivity index (χ2n) is 9.56. The van der Waals surface area contributed by atoms with Gasteiger partial charge in [0.15, 0.2) is 9.84 Å². The molecule has 3 aliphatic heterocycles. The molecule has 4 rings (SSSR count). The van der Waals surface area contributed by atoms with E-state index >= 15 is 0 Å². The van der Waals surface area contributed by atoms with Crippen LogP contribution >= 0.6 is 24.0 Å². The van der Waals surface area contributed by atoms with Crippen molar-refractivity contribution in [3.8, 4) is 6.07 Å². The van der Waals surface area contributed by atoms with Crippen molar-refractivity contribution in [3.05, 3.63) is 31.9 Å². The number of anilines is 1. The van der Waals surface area contributed by atoms with Crippen molar-refractivity contribution in [1.29, 1.82) is 5.26 Å². The van der Waals surface area contributed by atoms with Gasteiger partial charge in [-0.1, -0.05) is 37.3 Å². The normalized spacial score (nSPS) is 23.6. The van der Waals surface area contributed by atoms with Gasteiger partial charge in [-0.15, -0.1) is 0 Å². The number of rotatable bonds is 6. The van der Waals surface area contributed by atoms with Crippen LogP contribution in [0.1, 0.15) is 42.9 Å². The summed E-state index contributed by atoms with van der Waals surface area (Å²) in [6, 6.07) is 1.62.